The van der Waals surface area contributed by atoms with Crippen molar-refractivity contribution in [2.24, 2.45) is 5.92 Å². The second-order valence-electron chi connectivity index (χ2n) is 27.2. The van der Waals surface area contributed by atoms with Gasteiger partial charge in [-0.05, 0) is 52.4 Å². The third-order valence-corrected chi connectivity index (χ3v) is 18.7. The molecular weight excluding hydrogens is 1390 g/mol. The molecule has 17 unspecified atom stereocenters. The molecule has 604 valence electrons. The predicted octanol–water partition coefficient (Wildman–Crippen LogP) is -6.87. The van der Waals surface area contributed by atoms with E-state index in [0.29, 0.717) is 32.1 Å². The monoisotopic (exact) mass is 1510 g/mol. The van der Waals surface area contributed by atoms with Crippen molar-refractivity contribution in [1.82, 2.24) is 47.9 Å². The minimum Gasteiger partial charge on any atom is -0.396 e. The third kappa shape index (κ3) is 28.7. The molecule has 0 spiro atoms. The Morgan fingerprint density at radius 3 is 1.34 bits per heavy atom. The van der Waals surface area contributed by atoms with Gasteiger partial charge < -0.3 is 146 Å². The quantitative estimate of drug-likeness (QED) is 0.0252. The molecule has 5 rings (SSSR count). The first-order chi connectivity index (χ1) is 50.1. The number of hydrogen-bond acceptors (Lipinski definition) is 29. The highest BCUT2D eigenvalue weighted by Gasteiger charge is 2.87. The van der Waals surface area contributed by atoms with Gasteiger partial charge in [-0.2, -0.15) is 0 Å². The predicted molar refractivity (Wildman–Crippen MR) is 364 cm³/mol. The van der Waals surface area contributed by atoms with Crippen LogP contribution in [0.3, 0.4) is 0 Å². The lowest BCUT2D eigenvalue weighted by Gasteiger charge is -2.42. The zero-order valence-electron chi connectivity index (χ0n) is 60.8. The molecule has 2 saturated carbocycles. The lowest BCUT2D eigenvalue weighted by molar-refractivity contribution is -0.272. The number of hydrogen-bond donors (Lipinski definition) is 19. The first-order valence-corrected chi connectivity index (χ1v) is 36.4. The molecule has 5 fully saturated rings. The molecule has 0 aromatic heterocycles. The van der Waals surface area contributed by atoms with Gasteiger partial charge in [0, 0.05) is 84.7 Å². The topological polar surface area (TPSA) is 556 Å². The maximum atomic E-state index is 13.8. The Morgan fingerprint density at radius 2 is 0.905 bits per heavy atom. The Morgan fingerprint density at radius 1 is 0.476 bits per heavy atom. The minimum absolute atomic E-state index is 0.00713. The van der Waals surface area contributed by atoms with Gasteiger partial charge in [-0.25, -0.2) is 0 Å². The van der Waals surface area contributed by atoms with Crippen LogP contribution in [0.1, 0.15) is 137 Å². The first kappa shape index (κ1) is 90.0. The lowest BCUT2D eigenvalue weighted by atomic mass is 9.97. The Hall–Kier alpha value is -5.57. The molecule has 38 nitrogen and oxygen atoms in total. The van der Waals surface area contributed by atoms with Crippen LogP contribution in [0.4, 0.5) is 0 Å². The zero-order chi connectivity index (χ0) is 77.2. The zero-order valence-corrected chi connectivity index (χ0v) is 60.8. The van der Waals surface area contributed by atoms with Gasteiger partial charge >= 0.3 is 0 Å². The molecule has 0 aromatic rings. The number of fused-ring (bicyclic) bond motifs is 1. The number of carbonyl (C=O) groups is 9. The summed E-state index contributed by atoms with van der Waals surface area (Å²) in [5, 5.41) is 126. The maximum Gasteiger partial charge on any atom is 0.242 e. The van der Waals surface area contributed by atoms with E-state index in [1.165, 1.54) is 20.8 Å². The normalized spacial score (nSPS) is 29.6. The van der Waals surface area contributed by atoms with E-state index in [-0.39, 0.29) is 141 Å². The summed E-state index contributed by atoms with van der Waals surface area (Å²) in [6, 6.07) is -6.21. The molecular formula is C67H117N9O29. The van der Waals surface area contributed by atoms with Crippen LogP contribution in [0.2, 0.25) is 0 Å². The molecule has 105 heavy (non-hydrogen) atoms. The van der Waals surface area contributed by atoms with Gasteiger partial charge in [-0.15, -0.1) is 0 Å². The third-order valence-electron chi connectivity index (χ3n) is 18.7. The minimum atomic E-state index is -2.00. The van der Waals surface area contributed by atoms with E-state index >= 15 is 0 Å². The average Bonchev–Trinajstić information content (AvgIpc) is 1.48. The largest absolute Gasteiger partial charge is 0.396 e. The molecule has 0 aromatic carbocycles. The first-order valence-electron chi connectivity index (χ1n) is 36.4. The van der Waals surface area contributed by atoms with Crippen molar-refractivity contribution in [1.29, 1.82) is 0 Å². The van der Waals surface area contributed by atoms with Crippen molar-refractivity contribution in [2.45, 2.75) is 259 Å². The van der Waals surface area contributed by atoms with Crippen molar-refractivity contribution in [2.75, 3.05) is 106 Å². The number of nitrogens with one attached hydrogen (secondary N) is 9. The summed E-state index contributed by atoms with van der Waals surface area (Å²) in [6.07, 6.45) is -6.82. The highest BCUT2D eigenvalue weighted by Crippen LogP contribution is 2.59. The highest BCUT2D eigenvalue weighted by atomic mass is 16.7. The van der Waals surface area contributed by atoms with Crippen LogP contribution < -0.4 is 47.9 Å². The van der Waals surface area contributed by atoms with Crippen molar-refractivity contribution in [3.63, 3.8) is 0 Å². The van der Waals surface area contributed by atoms with Crippen LogP contribution in [-0.4, -0.2) is 331 Å². The molecule has 0 radical (unpaired) electrons. The SMILES string of the molecule is CC(=O)NC1C(OCCOCCNC(=O)CCC(NC(=O)CCC(NC(=O)CCCCCCCCCCC(=O)N[C@@H]2C[C@@H](CO)[C@H](OC(C)C)C2)C(=O)NCCOCCOC2OC(CO)C(O)C(O)C2NC(C)=O)C(=O)NCCOCCOC2OC3(CO)C(O)C3(O)C2NC(C)=O)OC(CO)C(O)C1O. The standard InChI is InChI=1S/C67H117N9O29/c1-38(2)102-46-33-43(32-42(46)34-77)74-50(85)14-12-10-8-6-7-9-11-13-15-51(86)75-45(61(93)70-21-24-97-27-30-100-63-54(72-40(4)82)58(91)56(89)48(36-79)104-63)17-19-52(87)76-44(60(92)69-22-25-98-28-31-101-64-59(73-41(5)83)67(95)65(94)66(67,37-80)105-64)16-18-49(84)68-20-23-96-26-29-99-62-53(71-39(3)81)57(90)55(88)47(35-78)103-62/h38,42-48,53-59,62-65,77-80,88-91,94-95H,6-37H2,1-5H3,(H,68,84)(H,69,92)(H,70,93)(H,71,81)(H,72,82)(H,73,83)(H,74,85)(H,75,86)(H,76,87)/t42-,43+,44?,45?,46+,47?,48?,53?,54?,55?,56?,57?,58?,59?,62?,63?,64?,65?,66?,67?/m0/s1. The van der Waals surface area contributed by atoms with E-state index in [2.05, 4.69) is 47.9 Å². The van der Waals surface area contributed by atoms with Gasteiger partial charge in [0.1, 0.15) is 72.9 Å². The Labute approximate surface area is 610 Å². The molecule has 5 aliphatic rings. The van der Waals surface area contributed by atoms with Crippen molar-refractivity contribution in [3.8, 4) is 0 Å². The van der Waals surface area contributed by atoms with Gasteiger partial charge in [0.25, 0.3) is 0 Å². The number of rotatable bonds is 52. The van der Waals surface area contributed by atoms with E-state index in [9.17, 15) is 94.2 Å². The number of aliphatic hydroxyl groups is 10. The summed E-state index contributed by atoms with van der Waals surface area (Å²) in [5.41, 5.74) is -3.76. The van der Waals surface area contributed by atoms with Gasteiger partial charge in [0.2, 0.25) is 53.2 Å². The summed E-state index contributed by atoms with van der Waals surface area (Å²) >= 11 is 0. The van der Waals surface area contributed by atoms with Crippen LogP contribution in [0, 0.1) is 5.92 Å². The Balaban J connectivity index is 1.12. The van der Waals surface area contributed by atoms with Gasteiger partial charge in [-0.1, -0.05) is 38.5 Å². The van der Waals surface area contributed by atoms with Gasteiger partial charge in [0.05, 0.1) is 91.5 Å². The summed E-state index contributed by atoms with van der Waals surface area (Å²) in [4.78, 5) is 116. The van der Waals surface area contributed by atoms with Crippen LogP contribution in [0.25, 0.3) is 0 Å². The smallest absolute Gasteiger partial charge is 0.242 e. The van der Waals surface area contributed by atoms with Gasteiger partial charge in [0.15, 0.2) is 30.1 Å². The molecule has 3 aliphatic heterocycles. The second-order valence-corrected chi connectivity index (χ2v) is 27.2. The summed E-state index contributed by atoms with van der Waals surface area (Å²) in [5.74, 6) is -4.81. The van der Waals surface area contributed by atoms with Crippen molar-refractivity contribution in [3.05, 3.63) is 0 Å². The van der Waals surface area contributed by atoms with Crippen molar-refractivity contribution < 1.29 is 142 Å². The van der Waals surface area contributed by atoms with Crippen LogP contribution in [-0.2, 0) is 90.5 Å². The molecule has 20 atom stereocenters. The van der Waals surface area contributed by atoms with E-state index in [1.54, 1.807) is 0 Å². The number of aliphatic hydroxyl groups excluding tert-OH is 9. The fraction of sp³-hybridized carbons (Fsp3) is 0.866. The maximum absolute atomic E-state index is 13.8. The van der Waals surface area contributed by atoms with Crippen LogP contribution >= 0.6 is 0 Å². The summed E-state index contributed by atoms with van der Waals surface area (Å²) < 4.78 is 56.5. The second kappa shape index (κ2) is 46.7. The highest BCUT2D eigenvalue weighted by molar-refractivity contribution is 5.90. The Bertz CT molecular complexity index is 2680. The summed E-state index contributed by atoms with van der Waals surface area (Å²) in [6.45, 7) is 4.28. The molecule has 9 amide bonds. The molecule has 2 aliphatic carbocycles. The van der Waals surface area contributed by atoms with Crippen LogP contribution in [0.15, 0.2) is 0 Å². The molecule has 38 heteroatoms. The van der Waals surface area contributed by atoms with Gasteiger partial charge in [-0.3, -0.25) is 43.2 Å². The number of carbonyl (C=O) groups excluding carboxylic acids is 9. The molecule has 0 bridgehead atoms. The number of unbranched alkanes of at least 4 members (excludes halogenated alkanes) is 7. The van der Waals surface area contributed by atoms with Crippen molar-refractivity contribution >= 4 is 53.2 Å². The fourth-order valence-electron chi connectivity index (χ4n) is 13.1. The molecule has 19 N–H and O–H groups in total. The van der Waals surface area contributed by atoms with E-state index in [1.807, 2.05) is 13.8 Å². The molecule has 3 heterocycles. The Kier molecular flexibility index (Phi) is 40.1. The van der Waals surface area contributed by atoms with E-state index in [4.69, 9.17) is 47.4 Å². The molecule has 3 saturated heterocycles. The van der Waals surface area contributed by atoms with Crippen LogP contribution in [0.5, 0.6) is 0 Å². The fourth-order valence-corrected chi connectivity index (χ4v) is 13.1. The average molecular weight is 1510 g/mol. The summed E-state index contributed by atoms with van der Waals surface area (Å²) in [7, 11) is 0. The van der Waals surface area contributed by atoms with E-state index in [0.717, 1.165) is 38.5 Å². The number of ether oxygens (including phenoxy) is 10. The number of amides is 9. The lowest BCUT2D eigenvalue weighted by Crippen LogP contribution is -2.64. The van der Waals surface area contributed by atoms with E-state index < -0.39 is 177 Å².